The second-order valence-corrected chi connectivity index (χ2v) is 10.7. The molecule has 0 fully saturated rings. The Kier molecular flexibility index (Phi) is 9.82. The van der Waals surface area contributed by atoms with E-state index in [1.54, 1.807) is 13.2 Å². The number of carbonyl (C=O) groups excluding carboxylic acids is 1. The number of nitrogens with zero attached hydrogens (tertiary/aromatic N) is 1. The number of hydrogen-bond donors (Lipinski definition) is 1. The Balaban J connectivity index is 5.11. The first-order valence-corrected chi connectivity index (χ1v) is 10.6. The SMILES string of the molecule is CC[Si](CC)(CC)O[C@H]([C@H](C)/C=C\N(C)C=O)[C@@H](C)CO. The fourth-order valence-corrected chi connectivity index (χ4v) is 5.57. The van der Waals surface area contributed by atoms with E-state index >= 15 is 0 Å². The van der Waals surface area contributed by atoms with E-state index in [1.165, 1.54) is 4.90 Å². The molecule has 0 radical (unpaired) electrons. The molecule has 0 spiro atoms. The van der Waals surface area contributed by atoms with E-state index < -0.39 is 8.32 Å². The molecular formula is C16H33NO3Si. The highest BCUT2D eigenvalue weighted by Gasteiger charge is 2.35. The van der Waals surface area contributed by atoms with Crippen molar-refractivity contribution in [1.29, 1.82) is 0 Å². The molecule has 0 aromatic rings. The van der Waals surface area contributed by atoms with Gasteiger partial charge in [-0.05, 0) is 18.1 Å². The lowest BCUT2D eigenvalue weighted by atomic mass is 9.94. The molecule has 0 aromatic heterocycles. The second kappa shape index (κ2) is 10.1. The third-order valence-electron chi connectivity index (χ3n) is 4.48. The van der Waals surface area contributed by atoms with Gasteiger partial charge in [0.2, 0.25) is 6.41 Å². The molecule has 0 saturated heterocycles. The Bertz CT molecular complexity index is 310. The van der Waals surface area contributed by atoms with Crippen LogP contribution in [0.3, 0.4) is 0 Å². The summed E-state index contributed by atoms with van der Waals surface area (Å²) in [5.41, 5.74) is 0. The normalized spacial score (nSPS) is 16.7. The van der Waals surface area contributed by atoms with Crippen LogP contribution in [0, 0.1) is 11.8 Å². The highest BCUT2D eigenvalue weighted by atomic mass is 28.4. The summed E-state index contributed by atoms with van der Waals surface area (Å²) >= 11 is 0. The fourth-order valence-electron chi connectivity index (χ4n) is 2.55. The maximum Gasteiger partial charge on any atom is 0.213 e. The highest BCUT2D eigenvalue weighted by Crippen LogP contribution is 2.29. The quantitative estimate of drug-likeness (QED) is 0.470. The molecule has 0 aliphatic heterocycles. The fraction of sp³-hybridized carbons (Fsp3) is 0.812. The van der Waals surface area contributed by atoms with Crippen LogP contribution in [0.2, 0.25) is 18.1 Å². The van der Waals surface area contributed by atoms with Gasteiger partial charge >= 0.3 is 0 Å². The average molecular weight is 316 g/mol. The summed E-state index contributed by atoms with van der Waals surface area (Å²) in [4.78, 5) is 12.1. The van der Waals surface area contributed by atoms with Gasteiger partial charge in [-0.15, -0.1) is 0 Å². The van der Waals surface area contributed by atoms with Crippen molar-refractivity contribution in [2.45, 2.75) is 58.9 Å². The van der Waals surface area contributed by atoms with Gasteiger partial charge in [-0.3, -0.25) is 4.79 Å². The third kappa shape index (κ3) is 6.32. The van der Waals surface area contributed by atoms with Crippen LogP contribution in [0.25, 0.3) is 0 Å². The first kappa shape index (κ1) is 20.3. The van der Waals surface area contributed by atoms with E-state index in [4.69, 9.17) is 4.43 Å². The smallest absolute Gasteiger partial charge is 0.213 e. The van der Waals surface area contributed by atoms with Gasteiger partial charge in [0, 0.05) is 31.7 Å². The summed E-state index contributed by atoms with van der Waals surface area (Å²) in [5, 5.41) is 9.54. The van der Waals surface area contributed by atoms with Crippen molar-refractivity contribution in [3.05, 3.63) is 12.3 Å². The molecular weight excluding hydrogens is 282 g/mol. The molecule has 0 bridgehead atoms. The zero-order valence-corrected chi connectivity index (χ0v) is 15.5. The van der Waals surface area contributed by atoms with Crippen LogP contribution >= 0.6 is 0 Å². The molecule has 0 aliphatic rings. The third-order valence-corrected chi connectivity index (χ3v) is 9.12. The Hall–Kier alpha value is -0.653. The Labute approximate surface area is 131 Å². The van der Waals surface area contributed by atoms with Crippen LogP contribution in [0.15, 0.2) is 12.3 Å². The molecule has 21 heavy (non-hydrogen) atoms. The molecule has 0 saturated carbocycles. The van der Waals surface area contributed by atoms with E-state index in [0.717, 1.165) is 24.5 Å². The van der Waals surface area contributed by atoms with Gasteiger partial charge in [0.05, 0.1) is 6.10 Å². The molecule has 0 aromatic carbocycles. The molecule has 124 valence electrons. The van der Waals surface area contributed by atoms with Crippen molar-refractivity contribution in [2.24, 2.45) is 11.8 Å². The Morgan fingerprint density at radius 1 is 1.19 bits per heavy atom. The molecule has 3 atom stereocenters. The molecule has 0 aliphatic carbocycles. The summed E-state index contributed by atoms with van der Waals surface area (Å²) in [7, 11) is -0.00194. The van der Waals surface area contributed by atoms with E-state index in [0.29, 0.717) is 0 Å². The Morgan fingerprint density at radius 3 is 2.10 bits per heavy atom. The van der Waals surface area contributed by atoms with Crippen molar-refractivity contribution >= 4 is 14.7 Å². The maximum absolute atomic E-state index is 10.7. The molecule has 0 rings (SSSR count). The molecule has 4 nitrogen and oxygen atoms in total. The van der Waals surface area contributed by atoms with Gasteiger partial charge in [0.1, 0.15) is 0 Å². The van der Waals surface area contributed by atoms with Crippen molar-refractivity contribution in [3.63, 3.8) is 0 Å². The molecule has 0 unspecified atom stereocenters. The zero-order chi connectivity index (χ0) is 16.5. The van der Waals surface area contributed by atoms with Crippen LogP contribution < -0.4 is 0 Å². The zero-order valence-electron chi connectivity index (χ0n) is 14.5. The van der Waals surface area contributed by atoms with Gasteiger partial charge in [-0.1, -0.05) is 40.7 Å². The number of hydrogen-bond acceptors (Lipinski definition) is 3. The lowest BCUT2D eigenvalue weighted by Crippen LogP contribution is -2.45. The minimum atomic E-state index is -1.71. The van der Waals surface area contributed by atoms with Crippen molar-refractivity contribution < 1.29 is 14.3 Å². The average Bonchev–Trinajstić information content (AvgIpc) is 2.53. The number of aliphatic hydroxyl groups excluding tert-OH is 1. The molecule has 1 amide bonds. The lowest BCUT2D eigenvalue weighted by molar-refractivity contribution is -0.115. The van der Waals surface area contributed by atoms with Crippen LogP contribution in [-0.2, 0) is 9.22 Å². The van der Waals surface area contributed by atoms with Crippen molar-refractivity contribution in [1.82, 2.24) is 4.90 Å². The lowest BCUT2D eigenvalue weighted by Gasteiger charge is -2.38. The Morgan fingerprint density at radius 2 is 1.71 bits per heavy atom. The van der Waals surface area contributed by atoms with Gasteiger partial charge in [-0.25, -0.2) is 0 Å². The van der Waals surface area contributed by atoms with Gasteiger partial charge < -0.3 is 14.4 Å². The molecule has 0 heterocycles. The summed E-state index contributed by atoms with van der Waals surface area (Å²) in [5.74, 6) is 0.244. The largest absolute Gasteiger partial charge is 0.413 e. The van der Waals surface area contributed by atoms with Crippen LogP contribution in [0.1, 0.15) is 34.6 Å². The number of aliphatic hydroxyl groups is 1. The van der Waals surface area contributed by atoms with Crippen LogP contribution in [0.5, 0.6) is 0 Å². The van der Waals surface area contributed by atoms with E-state index in [2.05, 4.69) is 27.7 Å². The second-order valence-electron chi connectivity index (χ2n) is 5.96. The number of amides is 1. The van der Waals surface area contributed by atoms with Crippen molar-refractivity contribution in [2.75, 3.05) is 13.7 Å². The first-order valence-electron chi connectivity index (χ1n) is 8.03. The van der Waals surface area contributed by atoms with Gasteiger partial charge in [0.15, 0.2) is 8.32 Å². The van der Waals surface area contributed by atoms with Crippen molar-refractivity contribution in [3.8, 4) is 0 Å². The number of carbonyl (C=O) groups is 1. The van der Waals surface area contributed by atoms with Crippen LogP contribution in [-0.4, -0.2) is 44.5 Å². The monoisotopic (exact) mass is 315 g/mol. The summed E-state index contributed by atoms with van der Waals surface area (Å²) < 4.78 is 6.59. The predicted octanol–water partition coefficient (Wildman–Crippen LogP) is 3.24. The first-order chi connectivity index (χ1) is 9.89. The minimum Gasteiger partial charge on any atom is -0.413 e. The predicted molar refractivity (Wildman–Crippen MR) is 90.5 cm³/mol. The van der Waals surface area contributed by atoms with Crippen LogP contribution in [0.4, 0.5) is 0 Å². The standard InChI is InChI=1S/C16H33NO3Si/c1-7-21(8-2,9-3)20-16(15(5)12-18)14(4)10-11-17(6)13-19/h10-11,13-16,18H,7-9,12H2,1-6H3/b11-10-/t14-,15+,16-/m1/s1. The minimum absolute atomic E-state index is 0.00202. The summed E-state index contributed by atoms with van der Waals surface area (Å²) in [6.07, 6.45) is 4.53. The maximum atomic E-state index is 10.7. The van der Waals surface area contributed by atoms with E-state index in [-0.39, 0.29) is 24.5 Å². The van der Waals surface area contributed by atoms with Gasteiger partial charge in [-0.2, -0.15) is 0 Å². The van der Waals surface area contributed by atoms with E-state index in [9.17, 15) is 9.90 Å². The van der Waals surface area contributed by atoms with E-state index in [1.807, 2.05) is 13.0 Å². The molecule has 5 heteroatoms. The van der Waals surface area contributed by atoms with Gasteiger partial charge in [0.25, 0.3) is 0 Å². The molecule has 1 N–H and O–H groups in total. The number of rotatable bonds is 11. The highest BCUT2D eigenvalue weighted by molar-refractivity contribution is 6.73. The summed E-state index contributed by atoms with van der Waals surface area (Å²) in [6, 6.07) is 3.29. The summed E-state index contributed by atoms with van der Waals surface area (Å²) in [6.45, 7) is 10.9. The topological polar surface area (TPSA) is 49.8 Å².